The summed E-state index contributed by atoms with van der Waals surface area (Å²) in [6.07, 6.45) is 0.699. The van der Waals surface area contributed by atoms with Gasteiger partial charge in [-0.3, -0.25) is 9.13 Å². The maximum absolute atomic E-state index is 15.1. The summed E-state index contributed by atoms with van der Waals surface area (Å²) in [6.45, 7) is 0. The molecule has 0 fully saturated rings. The number of para-hydroxylation sites is 2. The van der Waals surface area contributed by atoms with Crippen molar-refractivity contribution >= 4 is 35.4 Å². The average molecular weight is 673 g/mol. The van der Waals surface area contributed by atoms with Crippen LogP contribution in [0.15, 0.2) is 168 Å². The van der Waals surface area contributed by atoms with Crippen LogP contribution in [-0.4, -0.2) is 23.8 Å². The maximum atomic E-state index is 15.1. The van der Waals surface area contributed by atoms with Crippen LogP contribution in [0, 0.1) is 0 Å². The second-order valence-corrected chi connectivity index (χ2v) is 20.4. The van der Waals surface area contributed by atoms with Crippen LogP contribution in [-0.2, 0) is 9.13 Å². The number of hydrogen-bond donors (Lipinski definition) is 0. The molecule has 0 saturated heterocycles. The van der Waals surface area contributed by atoms with Crippen LogP contribution in [0.2, 0.25) is 0 Å². The van der Waals surface area contributed by atoms with E-state index in [1.54, 1.807) is 0 Å². The molecule has 2 unspecified atom stereocenters. The first-order valence-corrected chi connectivity index (χ1v) is 21.4. The molecule has 234 valence electrons. The van der Waals surface area contributed by atoms with Gasteiger partial charge in [-0.1, -0.05) is 109 Å². The predicted octanol–water partition coefficient (Wildman–Crippen LogP) is 10.2. The molecule has 4 nitrogen and oxygen atoms in total. The first kappa shape index (κ1) is 30.1. The van der Waals surface area contributed by atoms with Gasteiger partial charge in [-0.15, -0.1) is 0 Å². The van der Waals surface area contributed by atoms with Crippen molar-refractivity contribution in [3.63, 3.8) is 0 Å². The Balaban J connectivity index is 1.22. The van der Waals surface area contributed by atoms with Gasteiger partial charge in [0, 0.05) is 23.5 Å². The van der Waals surface area contributed by atoms with Gasteiger partial charge in [-0.2, -0.15) is 10.0 Å². The van der Waals surface area contributed by atoms with Crippen LogP contribution < -0.4 is 19.7 Å². The third-order valence-electron chi connectivity index (χ3n) is 9.25. The molecular formula is C40H34O4P2S. The fourth-order valence-corrected chi connectivity index (χ4v) is 17.7. The standard InChI is InChI=1S/C40H34O4P2S/c41-45(39-25-13-9-21-35(39)33-19-7-11-23-37(33)43-45)27-29-47(31-15-3-1-4-16-31,32-17-5-2-6-18-32)30-28-46(42)40-26-14-10-22-36(40)34-20-8-12-24-38(34)44-46/h1-26H,27-30H2. The highest BCUT2D eigenvalue weighted by Crippen LogP contribution is 2.67. The molecule has 47 heavy (non-hydrogen) atoms. The molecule has 0 aliphatic carbocycles. The largest absolute Gasteiger partial charge is 0.439 e. The summed E-state index contributed by atoms with van der Waals surface area (Å²) in [5.74, 6) is 2.52. The molecule has 2 aliphatic rings. The SMILES string of the molecule is O=P1(CCS(CCP2(=O)Oc3ccccc3-c3ccccc32)(c2ccccc2)c2ccccc2)Oc2ccccc2-c2ccccc21. The van der Waals surface area contributed by atoms with Crippen molar-refractivity contribution in [3.8, 4) is 33.8 Å². The summed E-state index contributed by atoms with van der Waals surface area (Å²) >= 11 is 0. The van der Waals surface area contributed by atoms with E-state index in [0.29, 0.717) is 35.3 Å². The summed E-state index contributed by atoms with van der Waals surface area (Å²) in [5.41, 5.74) is 3.86. The molecule has 0 aromatic heterocycles. The third-order valence-corrected chi connectivity index (χ3v) is 18.9. The number of benzene rings is 6. The molecule has 2 aliphatic heterocycles. The van der Waals surface area contributed by atoms with E-state index in [1.165, 1.54) is 9.79 Å². The topological polar surface area (TPSA) is 52.6 Å². The number of rotatable bonds is 8. The lowest BCUT2D eigenvalue weighted by Crippen LogP contribution is -2.26. The van der Waals surface area contributed by atoms with Crippen LogP contribution in [0.5, 0.6) is 11.5 Å². The fourth-order valence-electron chi connectivity index (χ4n) is 6.91. The van der Waals surface area contributed by atoms with Gasteiger partial charge in [0.2, 0.25) is 0 Å². The lowest BCUT2D eigenvalue weighted by molar-refractivity contribution is 0.492. The van der Waals surface area contributed by atoms with Crippen LogP contribution in [0.25, 0.3) is 22.3 Å². The minimum Gasteiger partial charge on any atom is -0.439 e. The van der Waals surface area contributed by atoms with Crippen molar-refractivity contribution in [2.45, 2.75) is 9.79 Å². The van der Waals surface area contributed by atoms with Gasteiger partial charge >= 0.3 is 0 Å². The van der Waals surface area contributed by atoms with Gasteiger partial charge in [0.05, 0.1) is 10.6 Å². The summed E-state index contributed by atoms with van der Waals surface area (Å²) in [4.78, 5) is 2.33. The molecule has 6 aromatic rings. The monoisotopic (exact) mass is 672 g/mol. The lowest BCUT2D eigenvalue weighted by atomic mass is 10.0. The van der Waals surface area contributed by atoms with Gasteiger partial charge in [0.15, 0.2) is 0 Å². The minimum atomic E-state index is -3.32. The van der Waals surface area contributed by atoms with E-state index in [0.717, 1.165) is 32.9 Å². The maximum Gasteiger partial charge on any atom is 0.278 e. The first-order chi connectivity index (χ1) is 23.0. The molecule has 0 saturated carbocycles. The average Bonchev–Trinajstić information content (AvgIpc) is 3.13. The lowest BCUT2D eigenvalue weighted by Gasteiger charge is -2.43. The summed E-state index contributed by atoms with van der Waals surface area (Å²) in [5, 5.41) is 1.53. The molecule has 8 rings (SSSR count). The van der Waals surface area contributed by atoms with Gasteiger partial charge in [-0.25, -0.2) is 0 Å². The Morgan fingerprint density at radius 2 is 0.745 bits per heavy atom. The van der Waals surface area contributed by atoms with E-state index >= 15 is 9.13 Å². The van der Waals surface area contributed by atoms with Crippen LogP contribution in [0.3, 0.4) is 0 Å². The van der Waals surface area contributed by atoms with Crippen molar-refractivity contribution in [1.82, 2.24) is 0 Å². The summed E-state index contributed by atoms with van der Waals surface area (Å²) < 4.78 is 43.2. The Labute approximate surface area is 277 Å². The number of hydrogen-bond acceptors (Lipinski definition) is 4. The molecule has 0 amide bonds. The zero-order valence-electron chi connectivity index (χ0n) is 25.8. The van der Waals surface area contributed by atoms with Gasteiger partial charge in [0.25, 0.3) is 14.7 Å². The molecule has 2 heterocycles. The Morgan fingerprint density at radius 3 is 1.17 bits per heavy atom. The Bertz CT molecular complexity index is 2030. The van der Waals surface area contributed by atoms with Crippen LogP contribution >= 0.6 is 24.8 Å². The Morgan fingerprint density at radius 1 is 0.404 bits per heavy atom. The van der Waals surface area contributed by atoms with Crippen LogP contribution in [0.1, 0.15) is 0 Å². The molecule has 0 spiro atoms. The molecule has 0 radical (unpaired) electrons. The zero-order valence-corrected chi connectivity index (χ0v) is 28.4. The van der Waals surface area contributed by atoms with Crippen LogP contribution in [0.4, 0.5) is 0 Å². The van der Waals surface area contributed by atoms with Crippen molar-refractivity contribution in [2.24, 2.45) is 0 Å². The number of fused-ring (bicyclic) bond motifs is 6. The fraction of sp³-hybridized carbons (Fsp3) is 0.100. The molecule has 6 aromatic carbocycles. The van der Waals surface area contributed by atoms with Crippen molar-refractivity contribution in [3.05, 3.63) is 158 Å². The van der Waals surface area contributed by atoms with Gasteiger partial charge in [-0.05, 0) is 81.0 Å². The highest BCUT2D eigenvalue weighted by Gasteiger charge is 2.42. The quantitative estimate of drug-likeness (QED) is 0.151. The summed E-state index contributed by atoms with van der Waals surface area (Å²) in [7, 11) is -8.54. The minimum absolute atomic E-state index is 0.349. The molecule has 0 N–H and O–H groups in total. The van der Waals surface area contributed by atoms with E-state index < -0.39 is 24.8 Å². The van der Waals surface area contributed by atoms with Gasteiger partial charge < -0.3 is 9.05 Å². The Kier molecular flexibility index (Phi) is 7.73. The smallest absolute Gasteiger partial charge is 0.278 e. The molecule has 2 atom stereocenters. The third kappa shape index (κ3) is 5.28. The summed E-state index contributed by atoms with van der Waals surface area (Å²) in [6, 6.07) is 52.6. The van der Waals surface area contributed by atoms with E-state index in [4.69, 9.17) is 9.05 Å². The molecule has 0 bridgehead atoms. The highest BCUT2D eigenvalue weighted by molar-refractivity contribution is 8.34. The van der Waals surface area contributed by atoms with E-state index in [2.05, 4.69) is 48.5 Å². The highest BCUT2D eigenvalue weighted by atomic mass is 32.3. The van der Waals surface area contributed by atoms with Crippen molar-refractivity contribution < 1.29 is 18.2 Å². The Hall–Kier alpha value is -4.27. The van der Waals surface area contributed by atoms with E-state index in [9.17, 15) is 0 Å². The predicted molar refractivity (Wildman–Crippen MR) is 196 cm³/mol. The second-order valence-electron chi connectivity index (χ2n) is 11.9. The normalized spacial score (nSPS) is 19.6. The van der Waals surface area contributed by atoms with E-state index in [1.807, 2.05) is 109 Å². The van der Waals surface area contributed by atoms with Gasteiger partial charge in [0.1, 0.15) is 11.5 Å². The van der Waals surface area contributed by atoms with Crippen molar-refractivity contribution in [1.29, 1.82) is 0 Å². The molecule has 7 heteroatoms. The second kappa shape index (κ2) is 12.1. The van der Waals surface area contributed by atoms with E-state index in [-0.39, 0.29) is 0 Å². The first-order valence-electron chi connectivity index (χ1n) is 15.8. The van der Waals surface area contributed by atoms with Crippen molar-refractivity contribution in [2.75, 3.05) is 23.8 Å². The zero-order chi connectivity index (χ0) is 31.9. The molecular weight excluding hydrogens is 638 g/mol.